The molecule has 0 spiro atoms. The van der Waals surface area contributed by atoms with Crippen LogP contribution in [0.1, 0.15) is 18.7 Å². The highest BCUT2D eigenvalue weighted by Gasteiger charge is 2.15. The Kier molecular flexibility index (Phi) is 2.64. The first kappa shape index (κ1) is 11.9. The van der Waals surface area contributed by atoms with Gasteiger partial charge in [0.25, 0.3) is 0 Å². The van der Waals surface area contributed by atoms with E-state index in [1.807, 2.05) is 44.0 Å². The van der Waals surface area contributed by atoms with Crippen molar-refractivity contribution in [2.75, 3.05) is 0 Å². The highest BCUT2D eigenvalue weighted by Crippen LogP contribution is 2.29. The Labute approximate surface area is 111 Å². The van der Waals surface area contributed by atoms with Crippen LogP contribution < -0.4 is 5.73 Å². The topological polar surface area (TPSA) is 61.7 Å². The van der Waals surface area contributed by atoms with E-state index >= 15 is 0 Å². The molecule has 1 unspecified atom stereocenters. The second-order valence-corrected chi connectivity index (χ2v) is 4.88. The van der Waals surface area contributed by atoms with Crippen molar-refractivity contribution >= 4 is 11.0 Å². The fraction of sp³-hybridized carbons (Fsp3) is 0.286. The lowest BCUT2D eigenvalue weighted by Crippen LogP contribution is -2.10. The minimum absolute atomic E-state index is 0.116. The van der Waals surface area contributed by atoms with Gasteiger partial charge in [-0.25, -0.2) is 4.98 Å². The molecule has 0 aliphatic heterocycles. The molecule has 0 aliphatic carbocycles. The van der Waals surface area contributed by atoms with Crippen LogP contribution in [-0.2, 0) is 14.1 Å². The Morgan fingerprint density at radius 1 is 1.26 bits per heavy atom. The maximum atomic E-state index is 6.07. The van der Waals surface area contributed by atoms with Crippen LogP contribution in [0.25, 0.3) is 22.3 Å². The van der Waals surface area contributed by atoms with Gasteiger partial charge in [-0.2, -0.15) is 5.10 Å². The Morgan fingerprint density at radius 3 is 2.68 bits per heavy atom. The van der Waals surface area contributed by atoms with Gasteiger partial charge in [-0.05, 0) is 25.1 Å². The first-order valence-electron chi connectivity index (χ1n) is 6.28. The number of aromatic nitrogens is 4. The highest BCUT2D eigenvalue weighted by atomic mass is 15.3. The third-order valence-electron chi connectivity index (χ3n) is 3.42. The molecule has 0 radical (unpaired) electrons. The molecule has 0 amide bonds. The Morgan fingerprint density at radius 2 is 2.05 bits per heavy atom. The summed E-state index contributed by atoms with van der Waals surface area (Å²) in [7, 11) is 3.94. The number of hydrogen-bond acceptors (Lipinski definition) is 3. The third-order valence-corrected chi connectivity index (χ3v) is 3.42. The number of pyridine rings is 1. The number of aryl methyl sites for hydroxylation is 2. The van der Waals surface area contributed by atoms with Gasteiger partial charge in [0.15, 0.2) is 0 Å². The van der Waals surface area contributed by atoms with E-state index in [0.717, 1.165) is 28.0 Å². The van der Waals surface area contributed by atoms with Gasteiger partial charge in [-0.1, -0.05) is 0 Å². The van der Waals surface area contributed by atoms with Crippen molar-refractivity contribution in [1.82, 2.24) is 19.3 Å². The predicted molar refractivity (Wildman–Crippen MR) is 75.5 cm³/mol. The maximum absolute atomic E-state index is 6.07. The average Bonchev–Trinajstić information content (AvgIpc) is 2.95. The summed E-state index contributed by atoms with van der Waals surface area (Å²) in [6, 6.07) is 6.01. The standard InChI is InChI=1S/C14H17N5/c1-9(15)14-10(12-4-6-16-19(12)3)8-13-11(17-14)5-7-18(13)2/h4-9H,15H2,1-3H3. The molecule has 98 valence electrons. The SMILES string of the molecule is CC(N)c1nc2ccn(C)c2cc1-c1ccnn1C. The molecule has 2 N–H and O–H groups in total. The molecule has 19 heavy (non-hydrogen) atoms. The molecule has 5 nitrogen and oxygen atoms in total. The third kappa shape index (κ3) is 1.82. The maximum Gasteiger partial charge on any atom is 0.0885 e. The molecule has 3 rings (SSSR count). The second-order valence-electron chi connectivity index (χ2n) is 4.88. The Hall–Kier alpha value is -2.14. The van der Waals surface area contributed by atoms with E-state index in [4.69, 9.17) is 10.7 Å². The molecule has 1 atom stereocenters. The molecule has 3 aromatic heterocycles. The molecule has 0 saturated carbocycles. The van der Waals surface area contributed by atoms with Gasteiger partial charge < -0.3 is 10.3 Å². The molecule has 0 aromatic carbocycles. The van der Waals surface area contributed by atoms with Crippen molar-refractivity contribution in [3.63, 3.8) is 0 Å². The fourth-order valence-electron chi connectivity index (χ4n) is 2.39. The van der Waals surface area contributed by atoms with Crippen LogP contribution in [0, 0.1) is 0 Å². The summed E-state index contributed by atoms with van der Waals surface area (Å²) in [5.41, 5.74) is 11.1. The van der Waals surface area contributed by atoms with Gasteiger partial charge in [-0.15, -0.1) is 0 Å². The monoisotopic (exact) mass is 255 g/mol. The van der Waals surface area contributed by atoms with Crippen molar-refractivity contribution in [3.05, 3.63) is 36.3 Å². The van der Waals surface area contributed by atoms with E-state index in [-0.39, 0.29) is 6.04 Å². The smallest absolute Gasteiger partial charge is 0.0885 e. The summed E-state index contributed by atoms with van der Waals surface area (Å²) >= 11 is 0. The molecular formula is C14H17N5. The van der Waals surface area contributed by atoms with Gasteiger partial charge in [0.2, 0.25) is 0 Å². The summed E-state index contributed by atoms with van der Waals surface area (Å²) < 4.78 is 3.91. The molecule has 0 bridgehead atoms. The summed E-state index contributed by atoms with van der Waals surface area (Å²) in [6.45, 7) is 1.96. The van der Waals surface area contributed by atoms with Gasteiger partial charge in [0.05, 0.1) is 22.4 Å². The molecule has 0 saturated heterocycles. The minimum atomic E-state index is -0.116. The van der Waals surface area contributed by atoms with Crippen molar-refractivity contribution in [2.24, 2.45) is 19.8 Å². The van der Waals surface area contributed by atoms with Gasteiger partial charge in [0.1, 0.15) is 0 Å². The number of nitrogens with zero attached hydrogens (tertiary/aromatic N) is 4. The lowest BCUT2D eigenvalue weighted by Gasteiger charge is -2.13. The average molecular weight is 255 g/mol. The van der Waals surface area contributed by atoms with E-state index in [9.17, 15) is 0 Å². The van der Waals surface area contributed by atoms with Crippen LogP contribution in [0.3, 0.4) is 0 Å². The summed E-state index contributed by atoms with van der Waals surface area (Å²) in [5.74, 6) is 0. The van der Waals surface area contributed by atoms with Gasteiger partial charge in [-0.3, -0.25) is 4.68 Å². The summed E-state index contributed by atoms with van der Waals surface area (Å²) in [4.78, 5) is 4.71. The van der Waals surface area contributed by atoms with Crippen LogP contribution in [-0.4, -0.2) is 19.3 Å². The van der Waals surface area contributed by atoms with E-state index in [0.29, 0.717) is 0 Å². The zero-order valence-electron chi connectivity index (χ0n) is 11.3. The number of rotatable bonds is 2. The molecule has 0 aliphatic rings. The first-order chi connectivity index (χ1) is 9.08. The highest BCUT2D eigenvalue weighted by molar-refractivity contribution is 5.82. The van der Waals surface area contributed by atoms with Crippen molar-refractivity contribution < 1.29 is 0 Å². The quantitative estimate of drug-likeness (QED) is 0.761. The largest absolute Gasteiger partial charge is 0.349 e. The van der Waals surface area contributed by atoms with Crippen molar-refractivity contribution in [1.29, 1.82) is 0 Å². The predicted octanol–water partition coefficient (Wildman–Crippen LogP) is 1.99. The molecule has 0 fully saturated rings. The minimum Gasteiger partial charge on any atom is -0.349 e. The number of hydrogen-bond donors (Lipinski definition) is 1. The molecule has 5 heteroatoms. The van der Waals surface area contributed by atoms with E-state index in [1.54, 1.807) is 6.20 Å². The second kappa shape index (κ2) is 4.20. The van der Waals surface area contributed by atoms with E-state index < -0.39 is 0 Å². The normalized spacial score (nSPS) is 13.1. The zero-order chi connectivity index (χ0) is 13.6. The lowest BCUT2D eigenvalue weighted by atomic mass is 10.0. The van der Waals surface area contributed by atoms with E-state index in [2.05, 4.69) is 15.7 Å². The lowest BCUT2D eigenvalue weighted by molar-refractivity contribution is 0.760. The van der Waals surface area contributed by atoms with Crippen LogP contribution >= 0.6 is 0 Å². The van der Waals surface area contributed by atoms with Crippen LogP contribution in [0.4, 0.5) is 0 Å². The molecular weight excluding hydrogens is 238 g/mol. The fourth-order valence-corrected chi connectivity index (χ4v) is 2.39. The van der Waals surface area contributed by atoms with Crippen LogP contribution in [0.2, 0.25) is 0 Å². The Balaban J connectivity index is 2.34. The summed E-state index contributed by atoms with van der Waals surface area (Å²) in [5, 5.41) is 4.22. The van der Waals surface area contributed by atoms with Gasteiger partial charge >= 0.3 is 0 Å². The molecule has 3 heterocycles. The van der Waals surface area contributed by atoms with Crippen molar-refractivity contribution in [2.45, 2.75) is 13.0 Å². The first-order valence-corrected chi connectivity index (χ1v) is 6.28. The number of nitrogens with two attached hydrogens (primary N) is 1. The van der Waals surface area contributed by atoms with Crippen molar-refractivity contribution in [3.8, 4) is 11.3 Å². The molecule has 3 aromatic rings. The number of fused-ring (bicyclic) bond motifs is 1. The zero-order valence-corrected chi connectivity index (χ0v) is 11.3. The van der Waals surface area contributed by atoms with E-state index in [1.165, 1.54) is 0 Å². The van der Waals surface area contributed by atoms with Crippen LogP contribution in [0.15, 0.2) is 30.6 Å². The summed E-state index contributed by atoms with van der Waals surface area (Å²) in [6.07, 6.45) is 3.80. The van der Waals surface area contributed by atoms with Crippen LogP contribution in [0.5, 0.6) is 0 Å². The van der Waals surface area contributed by atoms with Gasteiger partial charge in [0, 0.05) is 38.1 Å². The Bertz CT molecular complexity index is 735.